The summed E-state index contributed by atoms with van der Waals surface area (Å²) in [6.07, 6.45) is 5.66. The number of carbonyl (C=O) groups is 4. The first-order chi connectivity index (χ1) is 33.1. The molecule has 1 fully saturated rings. The van der Waals surface area contributed by atoms with Crippen molar-refractivity contribution in [1.29, 1.82) is 0 Å². The zero-order valence-corrected chi connectivity index (χ0v) is 38.9. The van der Waals surface area contributed by atoms with Crippen LogP contribution < -0.4 is 9.80 Å². The molecule has 6 aromatic rings. The van der Waals surface area contributed by atoms with Crippen molar-refractivity contribution >= 4 is 58.0 Å². The summed E-state index contributed by atoms with van der Waals surface area (Å²) < 4.78 is 20.5. The molecule has 68 heavy (non-hydrogen) atoms. The third kappa shape index (κ3) is 12.0. The summed E-state index contributed by atoms with van der Waals surface area (Å²) in [5, 5.41) is 0. The molecule has 7 rings (SSSR count). The molecule has 0 amide bonds. The second kappa shape index (κ2) is 23.1. The van der Waals surface area contributed by atoms with E-state index in [2.05, 4.69) is 95.8 Å². The number of carbonyl (C=O) groups excluding carboxylic acids is 4. The van der Waals surface area contributed by atoms with Gasteiger partial charge in [-0.1, -0.05) is 117 Å². The molecule has 0 N–H and O–H groups in total. The Morgan fingerprint density at radius 3 is 1.10 bits per heavy atom. The van der Waals surface area contributed by atoms with Crippen LogP contribution in [-0.4, -0.2) is 50.3 Å². The number of rotatable bonds is 20. The van der Waals surface area contributed by atoms with E-state index in [4.69, 9.17) is 18.9 Å². The molecule has 0 heterocycles. The van der Waals surface area contributed by atoms with Gasteiger partial charge in [0.2, 0.25) is 0 Å². The lowest BCUT2D eigenvalue weighted by Gasteiger charge is -2.39. The van der Waals surface area contributed by atoms with Gasteiger partial charge < -0.3 is 28.7 Å². The fourth-order valence-electron chi connectivity index (χ4n) is 8.69. The number of nitrogens with zero attached hydrogens (tertiary/aromatic N) is 2. The van der Waals surface area contributed by atoms with E-state index < -0.39 is 23.9 Å². The highest BCUT2D eigenvalue weighted by Gasteiger charge is 2.36. The molecule has 0 aromatic heterocycles. The number of hydrogen-bond donors (Lipinski definition) is 0. The summed E-state index contributed by atoms with van der Waals surface area (Å²) in [7, 11) is 0. The molecule has 10 heteroatoms. The summed E-state index contributed by atoms with van der Waals surface area (Å²) in [6, 6.07) is 54.1. The standard InChI is InChI=1S/C58H58N2O8/c1-5-65-56(63)42(3)40-67-54(61)38-44-20-28-50(29-21-44)59(48-16-10-7-11-17-48)52-32-24-46(25-33-52)58(36-14-9-15-37-58)47-26-34-53(35-27-47)60(49-18-12-8-13-19-49)51-30-22-45(23-31-51)39-55(62)68-41-43(4)57(64)66-6-2/h7-8,10-13,16-35H,3-6,9,14-15,36-41H2,1-2H3. The third-order valence-electron chi connectivity index (χ3n) is 12.1. The van der Waals surface area contributed by atoms with E-state index in [0.717, 1.165) is 70.9 Å². The van der Waals surface area contributed by atoms with Gasteiger partial charge in [-0.2, -0.15) is 0 Å². The molecule has 1 aliphatic carbocycles. The molecule has 6 aromatic carbocycles. The van der Waals surface area contributed by atoms with Gasteiger partial charge in [0.25, 0.3) is 0 Å². The lowest BCUT2D eigenvalue weighted by molar-refractivity contribution is -0.145. The number of ether oxygens (including phenoxy) is 4. The molecule has 1 saturated carbocycles. The number of hydrogen-bond acceptors (Lipinski definition) is 10. The zero-order valence-electron chi connectivity index (χ0n) is 38.9. The van der Waals surface area contributed by atoms with E-state index in [-0.39, 0.29) is 55.8 Å². The minimum absolute atomic E-state index is 0.0521. The van der Waals surface area contributed by atoms with Crippen molar-refractivity contribution < 1.29 is 38.1 Å². The van der Waals surface area contributed by atoms with Crippen LogP contribution in [0.1, 0.15) is 68.2 Å². The molecule has 0 spiro atoms. The smallest absolute Gasteiger partial charge is 0.336 e. The summed E-state index contributed by atoms with van der Waals surface area (Å²) in [4.78, 5) is 53.5. The molecular formula is C58H58N2O8. The fraction of sp³-hybridized carbons (Fsp3) is 0.241. The molecule has 0 atom stereocenters. The monoisotopic (exact) mass is 910 g/mol. The maximum Gasteiger partial charge on any atom is 0.336 e. The molecule has 10 nitrogen and oxygen atoms in total. The van der Waals surface area contributed by atoms with E-state index >= 15 is 0 Å². The molecular weight excluding hydrogens is 853 g/mol. The quantitative estimate of drug-likeness (QED) is 0.0417. The molecule has 0 unspecified atom stereocenters. The molecule has 0 radical (unpaired) electrons. The van der Waals surface area contributed by atoms with E-state index in [0.29, 0.717) is 0 Å². The SMILES string of the molecule is C=C(COC(=O)Cc1ccc(N(c2ccccc2)c2ccc(C3(c4ccc(N(c5ccccc5)c5ccc(CC(=O)OCC(=C)C(=O)OCC)cc5)cc4)CCCCC3)cc2)cc1)C(=O)OCC. The zero-order chi connectivity index (χ0) is 47.9. The predicted molar refractivity (Wildman–Crippen MR) is 267 cm³/mol. The third-order valence-corrected chi connectivity index (χ3v) is 12.1. The first kappa shape index (κ1) is 48.2. The lowest BCUT2D eigenvalue weighted by Crippen LogP contribution is -2.30. The summed E-state index contributed by atoms with van der Waals surface area (Å²) in [6.45, 7) is 10.8. The lowest BCUT2D eigenvalue weighted by atomic mass is 9.65. The minimum atomic E-state index is -0.576. The van der Waals surface area contributed by atoms with Crippen molar-refractivity contribution in [3.8, 4) is 0 Å². The van der Waals surface area contributed by atoms with Gasteiger partial charge in [0.05, 0.1) is 37.2 Å². The Morgan fingerprint density at radius 1 is 0.441 bits per heavy atom. The Labute approximate surface area is 399 Å². The van der Waals surface area contributed by atoms with Crippen LogP contribution in [0.4, 0.5) is 34.1 Å². The van der Waals surface area contributed by atoms with Gasteiger partial charge in [0.15, 0.2) is 0 Å². The van der Waals surface area contributed by atoms with Crippen LogP contribution in [0.5, 0.6) is 0 Å². The van der Waals surface area contributed by atoms with Gasteiger partial charge in [-0.3, -0.25) is 9.59 Å². The topological polar surface area (TPSA) is 112 Å². The number of para-hydroxylation sites is 2. The van der Waals surface area contributed by atoms with Crippen molar-refractivity contribution in [2.45, 2.75) is 64.2 Å². The summed E-state index contributed by atoms with van der Waals surface area (Å²) in [5.41, 5.74) is 10.0. The molecule has 0 bridgehead atoms. The van der Waals surface area contributed by atoms with Crippen LogP contribution in [0.25, 0.3) is 0 Å². The molecule has 1 aliphatic rings. The maximum absolute atomic E-state index is 12.7. The molecule has 0 aliphatic heterocycles. The van der Waals surface area contributed by atoms with Crippen LogP contribution in [0, 0.1) is 0 Å². The predicted octanol–water partition coefficient (Wildman–Crippen LogP) is 12.3. The Morgan fingerprint density at radius 2 is 0.765 bits per heavy atom. The van der Waals surface area contributed by atoms with Crippen LogP contribution >= 0.6 is 0 Å². The van der Waals surface area contributed by atoms with Gasteiger partial charge in [-0.25, -0.2) is 9.59 Å². The Balaban J connectivity index is 1.10. The second-order valence-corrected chi connectivity index (χ2v) is 16.7. The molecule has 348 valence electrons. The van der Waals surface area contributed by atoms with Crippen molar-refractivity contribution in [2.75, 3.05) is 36.2 Å². The highest BCUT2D eigenvalue weighted by molar-refractivity contribution is 5.89. The van der Waals surface area contributed by atoms with E-state index in [9.17, 15) is 19.2 Å². The van der Waals surface area contributed by atoms with Gasteiger partial charge in [0, 0.05) is 39.5 Å². The Hall–Kier alpha value is -7.72. The fourth-order valence-corrected chi connectivity index (χ4v) is 8.69. The van der Waals surface area contributed by atoms with Crippen molar-refractivity contribution in [1.82, 2.24) is 0 Å². The minimum Gasteiger partial charge on any atom is -0.463 e. The van der Waals surface area contributed by atoms with E-state index in [1.54, 1.807) is 13.8 Å². The number of anilines is 6. The van der Waals surface area contributed by atoms with Crippen LogP contribution in [-0.2, 0) is 56.4 Å². The van der Waals surface area contributed by atoms with Crippen molar-refractivity contribution in [2.24, 2.45) is 0 Å². The average Bonchev–Trinajstić information content (AvgIpc) is 3.37. The van der Waals surface area contributed by atoms with Gasteiger partial charge in [0.1, 0.15) is 13.2 Å². The highest BCUT2D eigenvalue weighted by Crippen LogP contribution is 2.47. The van der Waals surface area contributed by atoms with Crippen molar-refractivity contribution in [3.63, 3.8) is 0 Å². The maximum atomic E-state index is 12.7. The van der Waals surface area contributed by atoms with Crippen LogP contribution in [0.3, 0.4) is 0 Å². The normalized spacial score (nSPS) is 12.8. The van der Waals surface area contributed by atoms with Crippen LogP contribution in [0.2, 0.25) is 0 Å². The summed E-state index contributed by atoms with van der Waals surface area (Å²) >= 11 is 0. The van der Waals surface area contributed by atoms with Crippen LogP contribution in [0.15, 0.2) is 182 Å². The van der Waals surface area contributed by atoms with Gasteiger partial charge in [-0.15, -0.1) is 0 Å². The number of esters is 4. The summed E-state index contributed by atoms with van der Waals surface area (Å²) in [5.74, 6) is -2.07. The second-order valence-electron chi connectivity index (χ2n) is 16.7. The first-order valence-corrected chi connectivity index (χ1v) is 23.2. The Kier molecular flexibility index (Phi) is 16.4. The Bertz CT molecular complexity index is 2480. The van der Waals surface area contributed by atoms with Crippen molar-refractivity contribution in [3.05, 3.63) is 204 Å². The number of benzene rings is 6. The largest absolute Gasteiger partial charge is 0.463 e. The highest BCUT2D eigenvalue weighted by atomic mass is 16.6. The van der Waals surface area contributed by atoms with Gasteiger partial charge >= 0.3 is 23.9 Å². The molecule has 0 saturated heterocycles. The first-order valence-electron chi connectivity index (χ1n) is 23.2. The average molecular weight is 911 g/mol. The van der Waals surface area contributed by atoms with E-state index in [1.165, 1.54) is 17.5 Å². The van der Waals surface area contributed by atoms with E-state index in [1.807, 2.05) is 84.9 Å². The van der Waals surface area contributed by atoms with Gasteiger partial charge in [-0.05, 0) is 122 Å².